The third kappa shape index (κ3) is 1.19. The van der Waals surface area contributed by atoms with Crippen molar-refractivity contribution in [3.63, 3.8) is 0 Å². The zero-order valence-electron chi connectivity index (χ0n) is 5.83. The number of aromatic nitrogens is 1. The number of hydrogen-bond donors (Lipinski definition) is 0. The SMILES string of the molecule is Cc1cc(CC2CO2)no1. The normalized spacial score (nSPS) is 23.1. The van der Waals surface area contributed by atoms with Gasteiger partial charge in [0, 0.05) is 12.5 Å². The number of rotatable bonds is 2. The van der Waals surface area contributed by atoms with E-state index >= 15 is 0 Å². The van der Waals surface area contributed by atoms with E-state index in [9.17, 15) is 0 Å². The molecule has 1 aliphatic rings. The van der Waals surface area contributed by atoms with Gasteiger partial charge in [0.2, 0.25) is 0 Å². The van der Waals surface area contributed by atoms with E-state index in [1.807, 2.05) is 13.0 Å². The molecular weight excluding hydrogens is 130 g/mol. The molecule has 0 amide bonds. The minimum absolute atomic E-state index is 0.407. The summed E-state index contributed by atoms with van der Waals surface area (Å²) in [5.74, 6) is 0.871. The first-order valence-corrected chi connectivity index (χ1v) is 3.38. The number of epoxide rings is 1. The molecule has 3 heteroatoms. The van der Waals surface area contributed by atoms with Crippen molar-refractivity contribution in [2.75, 3.05) is 6.61 Å². The van der Waals surface area contributed by atoms with Crippen molar-refractivity contribution in [1.82, 2.24) is 5.16 Å². The Bertz CT molecular complexity index is 227. The summed E-state index contributed by atoms with van der Waals surface area (Å²) in [6.07, 6.45) is 1.31. The number of aryl methyl sites for hydroxylation is 1. The standard InChI is InChI=1S/C7H9NO2/c1-5-2-6(8-10-5)3-7-4-9-7/h2,7H,3-4H2,1H3. The highest BCUT2D eigenvalue weighted by atomic mass is 16.6. The molecule has 0 aliphatic carbocycles. The average molecular weight is 139 g/mol. The molecule has 1 fully saturated rings. The second kappa shape index (κ2) is 2.09. The highest BCUT2D eigenvalue weighted by Gasteiger charge is 2.23. The maximum Gasteiger partial charge on any atom is 0.133 e. The van der Waals surface area contributed by atoms with E-state index in [-0.39, 0.29) is 0 Å². The molecule has 54 valence electrons. The Morgan fingerprint density at radius 2 is 2.60 bits per heavy atom. The smallest absolute Gasteiger partial charge is 0.133 e. The van der Waals surface area contributed by atoms with E-state index in [0.717, 1.165) is 24.5 Å². The average Bonchev–Trinajstić information content (AvgIpc) is 2.59. The maximum atomic E-state index is 5.04. The maximum absolute atomic E-state index is 5.04. The second-order valence-corrected chi connectivity index (χ2v) is 2.59. The predicted molar refractivity (Wildman–Crippen MR) is 34.7 cm³/mol. The zero-order chi connectivity index (χ0) is 6.97. The first-order chi connectivity index (χ1) is 4.84. The highest BCUT2D eigenvalue weighted by molar-refractivity contribution is 5.05. The molecule has 0 N–H and O–H groups in total. The van der Waals surface area contributed by atoms with E-state index in [0.29, 0.717) is 6.10 Å². The van der Waals surface area contributed by atoms with Crippen LogP contribution >= 0.6 is 0 Å². The summed E-state index contributed by atoms with van der Waals surface area (Å²) in [6.45, 7) is 2.77. The fourth-order valence-corrected chi connectivity index (χ4v) is 0.933. The quantitative estimate of drug-likeness (QED) is 0.572. The number of hydrogen-bond acceptors (Lipinski definition) is 3. The van der Waals surface area contributed by atoms with Crippen LogP contribution < -0.4 is 0 Å². The van der Waals surface area contributed by atoms with Crippen molar-refractivity contribution < 1.29 is 9.26 Å². The summed E-state index contributed by atoms with van der Waals surface area (Å²) in [6, 6.07) is 1.95. The molecule has 1 aromatic heterocycles. The van der Waals surface area contributed by atoms with Gasteiger partial charge in [-0.3, -0.25) is 0 Å². The molecule has 1 atom stereocenters. The first kappa shape index (κ1) is 5.92. The predicted octanol–water partition coefficient (Wildman–Crippen LogP) is 0.924. The Balaban J connectivity index is 2.03. The van der Waals surface area contributed by atoms with Gasteiger partial charge in [-0.2, -0.15) is 0 Å². The Kier molecular flexibility index (Phi) is 1.24. The van der Waals surface area contributed by atoms with Gasteiger partial charge in [-0.05, 0) is 6.92 Å². The van der Waals surface area contributed by atoms with Crippen molar-refractivity contribution in [3.8, 4) is 0 Å². The molecule has 3 nitrogen and oxygen atoms in total. The second-order valence-electron chi connectivity index (χ2n) is 2.59. The van der Waals surface area contributed by atoms with Crippen LogP contribution in [0.2, 0.25) is 0 Å². The molecule has 0 spiro atoms. The van der Waals surface area contributed by atoms with Crippen LogP contribution in [0.1, 0.15) is 11.5 Å². The van der Waals surface area contributed by atoms with Gasteiger partial charge >= 0.3 is 0 Å². The van der Waals surface area contributed by atoms with E-state index in [2.05, 4.69) is 5.16 Å². The summed E-state index contributed by atoms with van der Waals surface area (Å²) < 4.78 is 9.93. The van der Waals surface area contributed by atoms with Gasteiger partial charge in [0.15, 0.2) is 0 Å². The van der Waals surface area contributed by atoms with Crippen LogP contribution in [0.15, 0.2) is 10.6 Å². The third-order valence-electron chi connectivity index (χ3n) is 1.52. The van der Waals surface area contributed by atoms with Crippen LogP contribution in [0, 0.1) is 6.92 Å². The van der Waals surface area contributed by atoms with Crippen molar-refractivity contribution in [1.29, 1.82) is 0 Å². The van der Waals surface area contributed by atoms with Crippen LogP contribution in [0.5, 0.6) is 0 Å². The van der Waals surface area contributed by atoms with E-state index in [4.69, 9.17) is 9.26 Å². The Labute approximate surface area is 59.0 Å². The minimum atomic E-state index is 0.407. The molecule has 0 radical (unpaired) electrons. The van der Waals surface area contributed by atoms with Crippen molar-refractivity contribution >= 4 is 0 Å². The van der Waals surface area contributed by atoms with Gasteiger partial charge in [0.1, 0.15) is 5.76 Å². The highest BCUT2D eigenvalue weighted by Crippen LogP contribution is 2.15. The molecule has 1 aromatic rings. The van der Waals surface area contributed by atoms with Crippen LogP contribution in [0.25, 0.3) is 0 Å². The molecule has 0 aromatic carbocycles. The lowest BCUT2D eigenvalue weighted by atomic mass is 10.2. The molecule has 1 aliphatic heterocycles. The third-order valence-corrected chi connectivity index (χ3v) is 1.52. The summed E-state index contributed by atoms with van der Waals surface area (Å²) in [7, 11) is 0. The fraction of sp³-hybridized carbons (Fsp3) is 0.571. The van der Waals surface area contributed by atoms with E-state index in [1.165, 1.54) is 0 Å². The number of ether oxygens (including phenoxy) is 1. The fourth-order valence-electron chi connectivity index (χ4n) is 0.933. The van der Waals surface area contributed by atoms with Crippen LogP contribution in [0.4, 0.5) is 0 Å². The Morgan fingerprint density at radius 1 is 1.80 bits per heavy atom. The number of nitrogens with zero attached hydrogens (tertiary/aromatic N) is 1. The summed E-state index contributed by atoms with van der Waals surface area (Å²) >= 11 is 0. The molecule has 0 bridgehead atoms. The lowest BCUT2D eigenvalue weighted by Crippen LogP contribution is -1.91. The Morgan fingerprint density at radius 3 is 3.10 bits per heavy atom. The van der Waals surface area contributed by atoms with Crippen molar-refractivity contribution in [3.05, 3.63) is 17.5 Å². The van der Waals surface area contributed by atoms with Gasteiger partial charge in [-0.1, -0.05) is 5.16 Å². The molecular formula is C7H9NO2. The topological polar surface area (TPSA) is 38.6 Å². The van der Waals surface area contributed by atoms with Crippen molar-refractivity contribution in [2.24, 2.45) is 0 Å². The lowest BCUT2D eigenvalue weighted by Gasteiger charge is -1.83. The molecule has 1 saturated heterocycles. The van der Waals surface area contributed by atoms with Crippen LogP contribution in [-0.4, -0.2) is 17.9 Å². The van der Waals surface area contributed by atoms with E-state index < -0.39 is 0 Å². The molecule has 0 saturated carbocycles. The van der Waals surface area contributed by atoms with E-state index in [1.54, 1.807) is 0 Å². The van der Waals surface area contributed by atoms with Gasteiger partial charge in [-0.15, -0.1) is 0 Å². The largest absolute Gasteiger partial charge is 0.373 e. The monoisotopic (exact) mass is 139 g/mol. The molecule has 2 rings (SSSR count). The summed E-state index contributed by atoms with van der Waals surface area (Å²) in [4.78, 5) is 0. The van der Waals surface area contributed by atoms with Gasteiger partial charge < -0.3 is 9.26 Å². The summed E-state index contributed by atoms with van der Waals surface area (Å²) in [5, 5.41) is 3.84. The first-order valence-electron chi connectivity index (χ1n) is 3.38. The summed E-state index contributed by atoms with van der Waals surface area (Å²) in [5.41, 5.74) is 1.00. The molecule has 1 unspecified atom stereocenters. The van der Waals surface area contributed by atoms with Gasteiger partial charge in [0.25, 0.3) is 0 Å². The van der Waals surface area contributed by atoms with Crippen LogP contribution in [0.3, 0.4) is 0 Å². The van der Waals surface area contributed by atoms with Gasteiger partial charge in [0.05, 0.1) is 18.4 Å². The lowest BCUT2D eigenvalue weighted by molar-refractivity contribution is 0.376. The molecule has 2 heterocycles. The Hall–Kier alpha value is -0.830. The van der Waals surface area contributed by atoms with Gasteiger partial charge in [-0.25, -0.2) is 0 Å². The molecule has 10 heavy (non-hydrogen) atoms. The van der Waals surface area contributed by atoms with Crippen LogP contribution in [-0.2, 0) is 11.2 Å². The minimum Gasteiger partial charge on any atom is -0.373 e. The zero-order valence-corrected chi connectivity index (χ0v) is 5.83. The van der Waals surface area contributed by atoms with Crippen molar-refractivity contribution in [2.45, 2.75) is 19.4 Å².